The van der Waals surface area contributed by atoms with Crippen molar-refractivity contribution in [3.05, 3.63) is 16.8 Å². The molecular weight excluding hydrogens is 154 g/mol. The highest BCUT2D eigenvalue weighted by molar-refractivity contribution is 4.73. The zero-order chi connectivity index (χ0) is 8.39. The lowest BCUT2D eigenvalue weighted by molar-refractivity contribution is 0.322. The Labute approximate surface area is 70.6 Å². The number of hydrogen-bond acceptors (Lipinski definition) is 2. The topological polar surface area (TPSA) is 50.7 Å². The van der Waals surface area contributed by atoms with Crippen LogP contribution in [0.3, 0.4) is 0 Å². The van der Waals surface area contributed by atoms with Gasteiger partial charge < -0.3 is 0 Å². The van der Waals surface area contributed by atoms with E-state index in [1.165, 1.54) is 25.6 Å². The summed E-state index contributed by atoms with van der Waals surface area (Å²) in [6.07, 6.45) is 7.43. The third-order valence-corrected chi connectivity index (χ3v) is 2.50. The van der Waals surface area contributed by atoms with Gasteiger partial charge in [-0.05, 0) is 12.8 Å². The third-order valence-electron chi connectivity index (χ3n) is 2.50. The van der Waals surface area contributed by atoms with Crippen molar-refractivity contribution in [1.82, 2.24) is 14.8 Å². The highest BCUT2D eigenvalue weighted by atomic mass is 16.1. The van der Waals surface area contributed by atoms with E-state index in [9.17, 15) is 4.79 Å². The fraction of sp³-hybridized carbons (Fsp3) is 0.750. The number of H-pyrrole nitrogens is 1. The zero-order valence-corrected chi connectivity index (χ0v) is 6.99. The molecule has 0 aromatic carbocycles. The van der Waals surface area contributed by atoms with Crippen molar-refractivity contribution in [2.24, 2.45) is 0 Å². The van der Waals surface area contributed by atoms with Gasteiger partial charge in [-0.1, -0.05) is 19.3 Å². The highest BCUT2D eigenvalue weighted by Crippen LogP contribution is 2.25. The molecule has 0 unspecified atom stereocenters. The second-order valence-corrected chi connectivity index (χ2v) is 3.33. The Balaban J connectivity index is 2.18. The van der Waals surface area contributed by atoms with E-state index in [0.29, 0.717) is 6.04 Å². The minimum absolute atomic E-state index is 0.0677. The number of nitrogens with one attached hydrogen (secondary N) is 1. The molecule has 1 aliphatic carbocycles. The molecule has 1 saturated carbocycles. The molecule has 0 saturated heterocycles. The van der Waals surface area contributed by atoms with Crippen molar-refractivity contribution < 1.29 is 0 Å². The Morgan fingerprint density at radius 2 is 2.17 bits per heavy atom. The molecule has 1 fully saturated rings. The normalized spacial score (nSPS) is 19.7. The fourth-order valence-electron chi connectivity index (χ4n) is 1.85. The highest BCUT2D eigenvalue weighted by Gasteiger charge is 2.17. The largest absolute Gasteiger partial charge is 0.343 e. The van der Waals surface area contributed by atoms with Crippen LogP contribution in [0.25, 0.3) is 0 Å². The Kier molecular flexibility index (Phi) is 1.98. The second-order valence-electron chi connectivity index (χ2n) is 3.33. The van der Waals surface area contributed by atoms with Gasteiger partial charge in [0.1, 0.15) is 6.33 Å². The van der Waals surface area contributed by atoms with E-state index in [2.05, 4.69) is 10.1 Å². The first kappa shape index (κ1) is 7.58. The van der Waals surface area contributed by atoms with Crippen LogP contribution in [-0.2, 0) is 0 Å². The summed E-state index contributed by atoms with van der Waals surface area (Å²) in [7, 11) is 0. The minimum atomic E-state index is -0.0677. The van der Waals surface area contributed by atoms with Gasteiger partial charge in [0.15, 0.2) is 0 Å². The predicted molar refractivity (Wildman–Crippen MR) is 45.0 cm³/mol. The molecule has 1 aromatic heterocycles. The maximum atomic E-state index is 11.2. The summed E-state index contributed by atoms with van der Waals surface area (Å²) in [6.45, 7) is 0. The summed E-state index contributed by atoms with van der Waals surface area (Å²) < 4.78 is 1.58. The van der Waals surface area contributed by atoms with Crippen LogP contribution >= 0.6 is 0 Å². The third kappa shape index (κ3) is 1.29. The summed E-state index contributed by atoms with van der Waals surface area (Å²) in [5, 5.41) is 3.99. The van der Waals surface area contributed by atoms with Gasteiger partial charge in [-0.25, -0.2) is 9.48 Å². The molecule has 0 spiro atoms. The van der Waals surface area contributed by atoms with E-state index < -0.39 is 0 Å². The van der Waals surface area contributed by atoms with Crippen LogP contribution in [0.4, 0.5) is 0 Å². The maximum Gasteiger partial charge on any atom is 0.343 e. The Hall–Kier alpha value is -1.06. The van der Waals surface area contributed by atoms with Gasteiger partial charge in [0.25, 0.3) is 0 Å². The van der Waals surface area contributed by atoms with Crippen molar-refractivity contribution in [1.29, 1.82) is 0 Å². The monoisotopic (exact) mass is 167 g/mol. The lowest BCUT2D eigenvalue weighted by Crippen LogP contribution is -2.25. The average Bonchev–Trinajstić information content (AvgIpc) is 2.53. The molecule has 1 aliphatic rings. The molecule has 1 heterocycles. The van der Waals surface area contributed by atoms with Gasteiger partial charge in [-0.2, -0.15) is 5.10 Å². The van der Waals surface area contributed by atoms with Gasteiger partial charge in [-0.3, -0.25) is 4.98 Å². The van der Waals surface area contributed by atoms with Crippen molar-refractivity contribution in [2.45, 2.75) is 38.1 Å². The first-order chi connectivity index (χ1) is 5.88. The second kappa shape index (κ2) is 3.13. The van der Waals surface area contributed by atoms with Crippen LogP contribution < -0.4 is 5.69 Å². The molecule has 1 N–H and O–H groups in total. The fourth-order valence-corrected chi connectivity index (χ4v) is 1.85. The van der Waals surface area contributed by atoms with Gasteiger partial charge in [0.05, 0.1) is 6.04 Å². The van der Waals surface area contributed by atoms with E-state index >= 15 is 0 Å². The van der Waals surface area contributed by atoms with Crippen molar-refractivity contribution in [2.75, 3.05) is 0 Å². The molecular formula is C8H13N3O. The maximum absolute atomic E-state index is 11.2. The lowest BCUT2D eigenvalue weighted by atomic mass is 9.96. The molecule has 0 bridgehead atoms. The van der Waals surface area contributed by atoms with Crippen LogP contribution in [0.15, 0.2) is 11.1 Å². The summed E-state index contributed by atoms with van der Waals surface area (Å²) in [6, 6.07) is 0.345. The first-order valence-corrected chi connectivity index (χ1v) is 4.50. The number of aromatic amines is 1. The average molecular weight is 167 g/mol. The number of rotatable bonds is 1. The Morgan fingerprint density at radius 3 is 2.75 bits per heavy atom. The Morgan fingerprint density at radius 1 is 1.42 bits per heavy atom. The predicted octanol–water partition coefficient (Wildman–Crippen LogP) is 1.08. The molecule has 1 aromatic rings. The van der Waals surface area contributed by atoms with Crippen LogP contribution in [0.1, 0.15) is 38.1 Å². The van der Waals surface area contributed by atoms with Crippen LogP contribution in [0.5, 0.6) is 0 Å². The van der Waals surface area contributed by atoms with Crippen molar-refractivity contribution in [3.8, 4) is 0 Å². The van der Waals surface area contributed by atoms with E-state index in [4.69, 9.17) is 0 Å². The van der Waals surface area contributed by atoms with Crippen LogP contribution in [0.2, 0.25) is 0 Å². The number of aromatic nitrogens is 3. The van der Waals surface area contributed by atoms with Gasteiger partial charge in [-0.15, -0.1) is 0 Å². The molecule has 2 rings (SSSR count). The van der Waals surface area contributed by atoms with Gasteiger partial charge in [0, 0.05) is 0 Å². The molecule has 12 heavy (non-hydrogen) atoms. The van der Waals surface area contributed by atoms with E-state index in [-0.39, 0.29) is 5.69 Å². The summed E-state index contributed by atoms with van der Waals surface area (Å²) in [4.78, 5) is 13.7. The number of hydrogen-bond donors (Lipinski definition) is 1. The van der Waals surface area contributed by atoms with E-state index in [0.717, 1.165) is 12.8 Å². The molecule has 4 nitrogen and oxygen atoms in total. The molecule has 4 heteroatoms. The number of nitrogens with zero attached hydrogens (tertiary/aromatic N) is 2. The molecule has 66 valence electrons. The van der Waals surface area contributed by atoms with Gasteiger partial charge in [0.2, 0.25) is 0 Å². The molecule has 0 atom stereocenters. The van der Waals surface area contributed by atoms with E-state index in [1.807, 2.05) is 0 Å². The molecule has 0 radical (unpaired) electrons. The smallest absolute Gasteiger partial charge is 0.295 e. The SMILES string of the molecule is O=c1[nH]cnn1C1CCCCC1. The minimum Gasteiger partial charge on any atom is -0.295 e. The Bertz CT molecular complexity index is 295. The zero-order valence-electron chi connectivity index (χ0n) is 6.99. The van der Waals surface area contributed by atoms with Crippen LogP contribution in [-0.4, -0.2) is 14.8 Å². The van der Waals surface area contributed by atoms with Gasteiger partial charge >= 0.3 is 5.69 Å². The summed E-state index contributed by atoms with van der Waals surface area (Å²) in [5.41, 5.74) is -0.0677. The lowest BCUT2D eigenvalue weighted by Gasteiger charge is -2.20. The summed E-state index contributed by atoms with van der Waals surface area (Å²) >= 11 is 0. The van der Waals surface area contributed by atoms with Crippen molar-refractivity contribution in [3.63, 3.8) is 0 Å². The first-order valence-electron chi connectivity index (χ1n) is 4.50. The quantitative estimate of drug-likeness (QED) is 0.680. The van der Waals surface area contributed by atoms with Crippen LogP contribution in [0, 0.1) is 0 Å². The molecule has 0 aliphatic heterocycles. The standard InChI is InChI=1S/C8H13N3O/c12-8-9-6-10-11(8)7-4-2-1-3-5-7/h6-7H,1-5H2,(H,9,10,12). The van der Waals surface area contributed by atoms with Crippen molar-refractivity contribution >= 4 is 0 Å². The summed E-state index contributed by atoms with van der Waals surface area (Å²) in [5.74, 6) is 0. The van der Waals surface area contributed by atoms with E-state index in [1.54, 1.807) is 4.68 Å². The molecule has 0 amide bonds.